The van der Waals surface area contributed by atoms with Crippen molar-refractivity contribution >= 4 is 17.1 Å². The maximum Gasteiger partial charge on any atom is 0.221 e. The van der Waals surface area contributed by atoms with Gasteiger partial charge in [-0.3, -0.25) is 4.79 Å². The van der Waals surface area contributed by atoms with Crippen LogP contribution in [0.1, 0.15) is 21.6 Å². The molecule has 1 aliphatic carbocycles. The fourth-order valence-electron chi connectivity index (χ4n) is 2.97. The van der Waals surface area contributed by atoms with E-state index in [1.54, 1.807) is 10.9 Å². The van der Waals surface area contributed by atoms with Gasteiger partial charge in [0.05, 0.1) is 6.54 Å². The van der Waals surface area contributed by atoms with Crippen LogP contribution in [0.25, 0.3) is 22.6 Å². The first-order chi connectivity index (χ1) is 11.8. The molecule has 5 rings (SSSR count). The number of benzene rings is 2. The van der Waals surface area contributed by atoms with Crippen molar-refractivity contribution in [3.8, 4) is 11.3 Å². The quantitative estimate of drug-likeness (QED) is 0.500. The summed E-state index contributed by atoms with van der Waals surface area (Å²) in [7, 11) is 0. The SMILES string of the molecule is O=C1c2ccccc2-c2nc3nn(Cc4ccccc4)nc3nc21. The summed E-state index contributed by atoms with van der Waals surface area (Å²) in [4.78, 5) is 23.0. The van der Waals surface area contributed by atoms with Crippen LogP contribution in [0.4, 0.5) is 0 Å². The van der Waals surface area contributed by atoms with E-state index in [4.69, 9.17) is 0 Å². The molecule has 0 spiro atoms. The van der Waals surface area contributed by atoms with Crippen molar-refractivity contribution in [3.63, 3.8) is 0 Å². The third kappa shape index (κ3) is 1.86. The van der Waals surface area contributed by atoms with Crippen LogP contribution in [-0.2, 0) is 6.54 Å². The van der Waals surface area contributed by atoms with E-state index in [9.17, 15) is 4.79 Å². The molecule has 6 nitrogen and oxygen atoms in total. The standard InChI is InChI=1S/C18H11N5O/c24-16-13-9-5-4-8-12(13)14-15(16)20-18-17(19-14)21-23(22-18)10-11-6-2-1-3-7-11/h1-9H,10H2. The number of carbonyl (C=O) groups excluding carboxylic acids is 1. The van der Waals surface area contributed by atoms with Crippen molar-refractivity contribution in [2.24, 2.45) is 0 Å². The van der Waals surface area contributed by atoms with E-state index < -0.39 is 0 Å². The molecule has 0 radical (unpaired) electrons. The minimum atomic E-state index is -0.104. The molecule has 0 fully saturated rings. The second-order valence-corrected chi connectivity index (χ2v) is 5.66. The van der Waals surface area contributed by atoms with E-state index in [1.165, 1.54) is 0 Å². The van der Waals surface area contributed by atoms with Crippen LogP contribution in [0, 0.1) is 0 Å². The van der Waals surface area contributed by atoms with E-state index in [0.29, 0.717) is 34.8 Å². The molecule has 24 heavy (non-hydrogen) atoms. The van der Waals surface area contributed by atoms with Crippen LogP contribution in [0.15, 0.2) is 54.6 Å². The normalized spacial score (nSPS) is 12.4. The number of hydrogen-bond acceptors (Lipinski definition) is 5. The fourth-order valence-corrected chi connectivity index (χ4v) is 2.97. The summed E-state index contributed by atoms with van der Waals surface area (Å²) in [5, 5.41) is 8.77. The Morgan fingerprint density at radius 3 is 2.12 bits per heavy atom. The smallest absolute Gasteiger partial charge is 0.221 e. The lowest BCUT2D eigenvalue weighted by atomic mass is 10.1. The van der Waals surface area contributed by atoms with Gasteiger partial charge in [0.25, 0.3) is 0 Å². The maximum atomic E-state index is 12.5. The number of ketones is 1. The Morgan fingerprint density at radius 2 is 1.38 bits per heavy atom. The van der Waals surface area contributed by atoms with Crippen molar-refractivity contribution in [2.75, 3.05) is 0 Å². The van der Waals surface area contributed by atoms with E-state index >= 15 is 0 Å². The zero-order chi connectivity index (χ0) is 16.1. The summed E-state index contributed by atoms with van der Waals surface area (Å²) in [5.74, 6) is -0.104. The molecule has 2 aromatic carbocycles. The number of aromatic nitrogens is 5. The molecule has 0 atom stereocenters. The first-order valence-corrected chi connectivity index (χ1v) is 7.60. The number of nitrogens with zero attached hydrogens (tertiary/aromatic N) is 5. The Bertz CT molecular complexity index is 1100. The van der Waals surface area contributed by atoms with Crippen LogP contribution in [0.3, 0.4) is 0 Å². The average molecular weight is 313 g/mol. The summed E-state index contributed by atoms with van der Waals surface area (Å²) in [6.45, 7) is 0.536. The highest BCUT2D eigenvalue weighted by Crippen LogP contribution is 2.34. The Kier molecular flexibility index (Phi) is 2.61. The Hall–Kier alpha value is -3.41. The molecule has 6 heteroatoms. The molecule has 0 unspecified atom stereocenters. The summed E-state index contributed by atoms with van der Waals surface area (Å²) >= 11 is 0. The van der Waals surface area contributed by atoms with Crippen molar-refractivity contribution in [3.05, 3.63) is 71.4 Å². The van der Waals surface area contributed by atoms with Gasteiger partial charge < -0.3 is 0 Å². The van der Waals surface area contributed by atoms with Crippen LogP contribution in [0.5, 0.6) is 0 Å². The highest BCUT2D eigenvalue weighted by atomic mass is 16.1. The molecule has 0 saturated heterocycles. The van der Waals surface area contributed by atoms with Gasteiger partial charge in [-0.1, -0.05) is 54.6 Å². The lowest BCUT2D eigenvalue weighted by Crippen LogP contribution is -2.03. The summed E-state index contributed by atoms with van der Waals surface area (Å²) in [6, 6.07) is 17.3. The second kappa shape index (κ2) is 4.79. The van der Waals surface area contributed by atoms with Crippen molar-refractivity contribution in [1.82, 2.24) is 25.0 Å². The largest absolute Gasteiger partial charge is 0.287 e. The Balaban J connectivity index is 1.63. The van der Waals surface area contributed by atoms with Gasteiger partial charge in [0, 0.05) is 11.1 Å². The van der Waals surface area contributed by atoms with Gasteiger partial charge in [0.15, 0.2) is 0 Å². The number of fused-ring (bicyclic) bond motifs is 4. The van der Waals surface area contributed by atoms with Gasteiger partial charge in [-0.2, -0.15) is 4.80 Å². The molecule has 0 amide bonds. The molecular weight excluding hydrogens is 302 g/mol. The van der Waals surface area contributed by atoms with Gasteiger partial charge in [-0.05, 0) is 5.56 Å². The first-order valence-electron chi connectivity index (χ1n) is 7.60. The van der Waals surface area contributed by atoms with Gasteiger partial charge in [-0.15, -0.1) is 10.2 Å². The van der Waals surface area contributed by atoms with Crippen molar-refractivity contribution in [2.45, 2.75) is 6.54 Å². The third-order valence-corrected chi connectivity index (χ3v) is 4.09. The third-order valence-electron chi connectivity index (χ3n) is 4.09. The van der Waals surface area contributed by atoms with Crippen LogP contribution >= 0.6 is 0 Å². The molecule has 2 heterocycles. The molecule has 0 bridgehead atoms. The van der Waals surface area contributed by atoms with Gasteiger partial charge in [0.2, 0.25) is 17.1 Å². The first kappa shape index (κ1) is 13.1. The molecule has 4 aromatic rings. The fraction of sp³-hybridized carbons (Fsp3) is 0.0556. The predicted octanol–water partition coefficient (Wildman–Crippen LogP) is 2.48. The van der Waals surface area contributed by atoms with Gasteiger partial charge in [0.1, 0.15) is 11.4 Å². The number of carbonyl (C=O) groups is 1. The highest BCUT2D eigenvalue weighted by molar-refractivity contribution is 6.20. The van der Waals surface area contributed by atoms with E-state index in [0.717, 1.165) is 11.1 Å². The summed E-state index contributed by atoms with van der Waals surface area (Å²) in [6.07, 6.45) is 0. The van der Waals surface area contributed by atoms with Crippen LogP contribution in [0.2, 0.25) is 0 Å². The maximum absolute atomic E-state index is 12.5. The molecule has 0 saturated carbocycles. The van der Waals surface area contributed by atoms with Gasteiger partial charge in [-0.25, -0.2) is 9.97 Å². The zero-order valence-electron chi connectivity index (χ0n) is 12.5. The number of rotatable bonds is 2. The average Bonchev–Trinajstić information content (AvgIpc) is 3.13. The predicted molar refractivity (Wildman–Crippen MR) is 87.5 cm³/mol. The second-order valence-electron chi connectivity index (χ2n) is 5.66. The highest BCUT2D eigenvalue weighted by Gasteiger charge is 2.30. The zero-order valence-corrected chi connectivity index (χ0v) is 12.5. The molecule has 1 aliphatic rings. The summed E-state index contributed by atoms with van der Waals surface area (Å²) in [5.41, 5.74) is 4.33. The summed E-state index contributed by atoms with van der Waals surface area (Å²) < 4.78 is 0. The Labute approximate surface area is 136 Å². The van der Waals surface area contributed by atoms with Crippen LogP contribution in [-0.4, -0.2) is 30.7 Å². The van der Waals surface area contributed by atoms with E-state index in [2.05, 4.69) is 20.2 Å². The van der Waals surface area contributed by atoms with Crippen LogP contribution < -0.4 is 0 Å². The molecule has 0 aliphatic heterocycles. The topological polar surface area (TPSA) is 73.6 Å². The minimum absolute atomic E-state index is 0.104. The van der Waals surface area contributed by atoms with Crippen molar-refractivity contribution < 1.29 is 4.79 Å². The lowest BCUT2D eigenvalue weighted by molar-refractivity contribution is 0.103. The molecule has 2 aromatic heterocycles. The van der Waals surface area contributed by atoms with Gasteiger partial charge >= 0.3 is 0 Å². The minimum Gasteiger partial charge on any atom is -0.287 e. The number of hydrogen-bond donors (Lipinski definition) is 0. The van der Waals surface area contributed by atoms with E-state index in [1.807, 2.05) is 48.5 Å². The molecule has 0 N–H and O–H groups in total. The monoisotopic (exact) mass is 313 g/mol. The molecule has 114 valence electrons. The Morgan fingerprint density at radius 1 is 0.750 bits per heavy atom. The van der Waals surface area contributed by atoms with E-state index in [-0.39, 0.29) is 5.78 Å². The lowest BCUT2D eigenvalue weighted by Gasteiger charge is -1.98. The molecular formula is C18H11N5O. The van der Waals surface area contributed by atoms with Crippen molar-refractivity contribution in [1.29, 1.82) is 0 Å².